The van der Waals surface area contributed by atoms with Crippen LogP contribution in [0.25, 0.3) is 0 Å². The fourth-order valence-electron chi connectivity index (χ4n) is 2.41. The minimum atomic E-state index is -3.78. The molecule has 2 aromatic carbocycles. The number of hydrogen-bond donors (Lipinski definition) is 0. The molecule has 1 heterocycles. The van der Waals surface area contributed by atoms with Gasteiger partial charge in [0.15, 0.2) is 11.5 Å². The second-order valence-corrected chi connectivity index (χ2v) is 6.81. The van der Waals surface area contributed by atoms with E-state index in [2.05, 4.69) is 0 Å². The quantitative estimate of drug-likeness (QED) is 0.861. The highest BCUT2D eigenvalue weighted by Gasteiger charge is 2.25. The summed E-state index contributed by atoms with van der Waals surface area (Å²) in [6, 6.07) is 9.86. The summed E-state index contributed by atoms with van der Waals surface area (Å²) in [7, 11) is -3.78. The topological polar surface area (TPSA) is 55.8 Å². The molecule has 0 unspecified atom stereocenters. The molecule has 0 atom stereocenters. The molecule has 2 aromatic rings. The first-order valence-electron chi connectivity index (χ1n) is 7.20. The first-order valence-corrected chi connectivity index (χ1v) is 8.64. The lowest BCUT2D eigenvalue weighted by atomic mass is 10.3. The molecule has 23 heavy (non-hydrogen) atoms. The highest BCUT2D eigenvalue weighted by atomic mass is 32.2. The lowest BCUT2D eigenvalue weighted by Crippen LogP contribution is -2.31. The summed E-state index contributed by atoms with van der Waals surface area (Å²) in [5.74, 6) is 0.522. The standard InChI is InChI=1S/C16H16FNO4S/c1-2-18(13-5-3-12(17)4-6-13)23(19,20)14-7-8-15-16(11-14)22-10-9-21-15/h3-8,11H,2,9-10H2,1H3. The Bertz CT molecular complexity index is 805. The van der Waals surface area contributed by atoms with Gasteiger partial charge in [0.1, 0.15) is 19.0 Å². The molecule has 0 N–H and O–H groups in total. The molecule has 122 valence electrons. The van der Waals surface area contributed by atoms with E-state index in [0.717, 1.165) is 0 Å². The molecular formula is C16H16FNO4S. The van der Waals surface area contributed by atoms with Crippen molar-refractivity contribution in [2.75, 3.05) is 24.1 Å². The molecule has 5 nitrogen and oxygen atoms in total. The summed E-state index contributed by atoms with van der Waals surface area (Å²) in [4.78, 5) is 0.105. The number of hydrogen-bond acceptors (Lipinski definition) is 4. The van der Waals surface area contributed by atoms with Gasteiger partial charge in [-0.2, -0.15) is 0 Å². The van der Waals surface area contributed by atoms with Crippen LogP contribution in [0.15, 0.2) is 47.4 Å². The van der Waals surface area contributed by atoms with E-state index in [9.17, 15) is 12.8 Å². The monoisotopic (exact) mass is 337 g/mol. The Labute approximate surface area is 134 Å². The van der Waals surface area contributed by atoms with Gasteiger partial charge in [0.2, 0.25) is 0 Å². The van der Waals surface area contributed by atoms with Gasteiger partial charge in [-0.25, -0.2) is 12.8 Å². The summed E-state index contributed by atoms with van der Waals surface area (Å²) in [5, 5.41) is 0. The number of anilines is 1. The normalized spacial score (nSPS) is 13.7. The second kappa shape index (κ2) is 6.08. The van der Waals surface area contributed by atoms with Crippen LogP contribution in [0.4, 0.5) is 10.1 Å². The Hall–Kier alpha value is -2.28. The van der Waals surface area contributed by atoms with Crippen molar-refractivity contribution in [3.63, 3.8) is 0 Å². The Morgan fingerprint density at radius 3 is 2.35 bits per heavy atom. The molecule has 7 heteroatoms. The molecule has 0 aromatic heterocycles. The van der Waals surface area contributed by atoms with E-state index in [-0.39, 0.29) is 11.4 Å². The average Bonchev–Trinajstić information content (AvgIpc) is 2.56. The van der Waals surface area contributed by atoms with Gasteiger partial charge in [-0.1, -0.05) is 0 Å². The lowest BCUT2D eigenvalue weighted by molar-refractivity contribution is 0.171. The molecule has 1 aliphatic heterocycles. The van der Waals surface area contributed by atoms with Crippen LogP contribution < -0.4 is 13.8 Å². The van der Waals surface area contributed by atoms with E-state index >= 15 is 0 Å². The van der Waals surface area contributed by atoms with E-state index in [1.165, 1.54) is 40.7 Å². The third kappa shape index (κ3) is 2.96. The molecule has 0 spiro atoms. The van der Waals surface area contributed by atoms with Gasteiger partial charge >= 0.3 is 0 Å². The van der Waals surface area contributed by atoms with Gasteiger partial charge in [-0.3, -0.25) is 4.31 Å². The molecule has 0 aliphatic carbocycles. The number of rotatable bonds is 4. The number of nitrogens with zero attached hydrogens (tertiary/aromatic N) is 1. The van der Waals surface area contributed by atoms with E-state index in [1.54, 1.807) is 13.0 Å². The predicted molar refractivity (Wildman–Crippen MR) is 84.0 cm³/mol. The maximum absolute atomic E-state index is 13.1. The van der Waals surface area contributed by atoms with Crippen LogP contribution in [0, 0.1) is 5.82 Å². The van der Waals surface area contributed by atoms with Crippen LogP contribution in [0.1, 0.15) is 6.92 Å². The minimum absolute atomic E-state index is 0.105. The van der Waals surface area contributed by atoms with Gasteiger partial charge in [0.05, 0.1) is 10.6 Å². The van der Waals surface area contributed by atoms with Gasteiger partial charge in [0.25, 0.3) is 10.0 Å². The van der Waals surface area contributed by atoms with E-state index in [1.807, 2.05) is 0 Å². The summed E-state index contributed by atoms with van der Waals surface area (Å²) < 4.78 is 50.9. The zero-order valence-electron chi connectivity index (χ0n) is 12.5. The Morgan fingerprint density at radius 2 is 1.70 bits per heavy atom. The summed E-state index contributed by atoms with van der Waals surface area (Å²) in [6.07, 6.45) is 0. The smallest absolute Gasteiger partial charge is 0.264 e. The van der Waals surface area contributed by atoms with Gasteiger partial charge in [0, 0.05) is 12.6 Å². The summed E-state index contributed by atoms with van der Waals surface area (Å²) in [6.45, 7) is 2.77. The van der Waals surface area contributed by atoms with Crippen molar-refractivity contribution in [1.29, 1.82) is 0 Å². The maximum Gasteiger partial charge on any atom is 0.264 e. The van der Waals surface area contributed by atoms with Crippen molar-refractivity contribution < 1.29 is 22.3 Å². The molecule has 0 amide bonds. The molecular weight excluding hydrogens is 321 g/mol. The van der Waals surface area contributed by atoms with Crippen molar-refractivity contribution in [3.05, 3.63) is 48.3 Å². The molecule has 0 saturated carbocycles. The van der Waals surface area contributed by atoms with Gasteiger partial charge in [-0.05, 0) is 43.3 Å². The Balaban J connectivity index is 2.00. The van der Waals surface area contributed by atoms with Gasteiger partial charge in [-0.15, -0.1) is 0 Å². The SMILES string of the molecule is CCN(c1ccc(F)cc1)S(=O)(=O)c1ccc2c(c1)OCCO2. The highest BCUT2D eigenvalue weighted by molar-refractivity contribution is 7.92. The fraction of sp³-hybridized carbons (Fsp3) is 0.250. The number of sulfonamides is 1. The third-order valence-electron chi connectivity index (χ3n) is 3.50. The number of ether oxygens (including phenoxy) is 2. The van der Waals surface area contributed by atoms with Crippen molar-refractivity contribution in [2.24, 2.45) is 0 Å². The van der Waals surface area contributed by atoms with Crippen LogP contribution in [-0.4, -0.2) is 28.2 Å². The zero-order chi connectivity index (χ0) is 16.4. The van der Waals surface area contributed by atoms with Crippen molar-refractivity contribution >= 4 is 15.7 Å². The maximum atomic E-state index is 13.1. The number of halogens is 1. The van der Waals surface area contributed by atoms with Crippen LogP contribution in [0.2, 0.25) is 0 Å². The second-order valence-electron chi connectivity index (χ2n) is 4.95. The Kier molecular flexibility index (Phi) is 4.12. The first-order chi connectivity index (χ1) is 11.0. The zero-order valence-corrected chi connectivity index (χ0v) is 13.3. The Morgan fingerprint density at radius 1 is 1.04 bits per heavy atom. The fourth-order valence-corrected chi connectivity index (χ4v) is 3.90. The largest absolute Gasteiger partial charge is 0.486 e. The first kappa shape index (κ1) is 15.6. The molecule has 0 bridgehead atoms. The van der Waals surface area contributed by atoms with Crippen LogP contribution in [-0.2, 0) is 10.0 Å². The summed E-state index contributed by atoms with van der Waals surface area (Å²) in [5.41, 5.74) is 0.406. The minimum Gasteiger partial charge on any atom is -0.486 e. The molecule has 1 aliphatic rings. The predicted octanol–water partition coefficient (Wildman–Crippen LogP) is 2.81. The number of benzene rings is 2. The van der Waals surface area contributed by atoms with Crippen LogP contribution >= 0.6 is 0 Å². The van der Waals surface area contributed by atoms with E-state index in [4.69, 9.17) is 9.47 Å². The third-order valence-corrected chi connectivity index (χ3v) is 5.40. The average molecular weight is 337 g/mol. The van der Waals surface area contributed by atoms with Crippen molar-refractivity contribution in [2.45, 2.75) is 11.8 Å². The molecule has 0 saturated heterocycles. The van der Waals surface area contributed by atoms with Gasteiger partial charge < -0.3 is 9.47 Å². The molecule has 3 rings (SSSR count). The van der Waals surface area contributed by atoms with Crippen LogP contribution in [0.5, 0.6) is 11.5 Å². The van der Waals surface area contributed by atoms with E-state index < -0.39 is 15.8 Å². The van der Waals surface area contributed by atoms with Crippen molar-refractivity contribution in [3.8, 4) is 11.5 Å². The summed E-state index contributed by atoms with van der Waals surface area (Å²) >= 11 is 0. The van der Waals surface area contributed by atoms with Crippen molar-refractivity contribution in [1.82, 2.24) is 0 Å². The molecule has 0 radical (unpaired) electrons. The number of fused-ring (bicyclic) bond motifs is 1. The molecule has 0 fully saturated rings. The lowest BCUT2D eigenvalue weighted by Gasteiger charge is -2.24. The van der Waals surface area contributed by atoms with Crippen LogP contribution in [0.3, 0.4) is 0 Å². The highest BCUT2D eigenvalue weighted by Crippen LogP contribution is 2.34. The van der Waals surface area contributed by atoms with E-state index in [0.29, 0.717) is 30.4 Å².